The number of nitrogens with zero attached hydrogens (tertiary/aromatic N) is 6. The first kappa shape index (κ1) is 55.9. The van der Waals surface area contributed by atoms with Crippen molar-refractivity contribution in [3.8, 4) is 5.75 Å². The van der Waals surface area contributed by atoms with Gasteiger partial charge in [0.05, 0.1) is 17.5 Å². The summed E-state index contributed by atoms with van der Waals surface area (Å²) >= 11 is 1.60. The SMILES string of the molecule is CCc1c(C2(c3ncn(C)n3)CC(C)C2)cc(N2Cc3c(SC)cc(CN4CCC[C@H](C)C4)cc3C2=O)nc1NC(=O)OCc1ccc(OC2OC(C(=O)O)C(O)C(O)C2O)c(C(=O)NCCNC(=O)OC(C)(C)C)c1. The van der Waals surface area contributed by atoms with E-state index < -0.39 is 72.4 Å². The maximum atomic E-state index is 14.7. The van der Waals surface area contributed by atoms with E-state index in [0.29, 0.717) is 53.9 Å². The average molecular weight is 1070 g/mol. The Kier molecular flexibility index (Phi) is 17.0. The van der Waals surface area contributed by atoms with Gasteiger partial charge < -0.3 is 50.0 Å². The number of benzene rings is 2. The molecule has 0 radical (unpaired) electrons. The van der Waals surface area contributed by atoms with E-state index in [-0.39, 0.29) is 48.2 Å². The number of ether oxygens (including phenoxy) is 4. The second kappa shape index (κ2) is 23.1. The van der Waals surface area contributed by atoms with Gasteiger partial charge in [-0.05, 0) is 136 Å². The molecule has 410 valence electrons. The number of aliphatic hydroxyl groups excluding tert-OH is 3. The first-order valence-electron chi connectivity index (χ1n) is 25.6. The van der Waals surface area contributed by atoms with E-state index in [0.717, 1.165) is 47.6 Å². The molecule has 4 aromatic rings. The summed E-state index contributed by atoms with van der Waals surface area (Å²) in [5, 5.41) is 53.9. The number of amides is 4. The van der Waals surface area contributed by atoms with Gasteiger partial charge in [-0.2, -0.15) is 5.10 Å². The van der Waals surface area contributed by atoms with E-state index >= 15 is 0 Å². The Balaban J connectivity index is 1.07. The Bertz CT molecular complexity index is 2830. The van der Waals surface area contributed by atoms with Gasteiger partial charge in [0.15, 0.2) is 11.9 Å². The number of piperidine rings is 1. The van der Waals surface area contributed by atoms with Crippen LogP contribution in [0.25, 0.3) is 0 Å². The van der Waals surface area contributed by atoms with E-state index in [9.17, 15) is 44.4 Å². The van der Waals surface area contributed by atoms with Crippen LogP contribution >= 0.6 is 11.8 Å². The Morgan fingerprint density at radius 1 is 0.961 bits per heavy atom. The number of aryl methyl sites for hydroxylation is 1. The number of hydrogen-bond donors (Lipinski definition) is 7. The summed E-state index contributed by atoms with van der Waals surface area (Å²) in [5.74, 6) is -0.744. The zero-order valence-corrected chi connectivity index (χ0v) is 44.9. The Labute approximate surface area is 445 Å². The first-order valence-corrected chi connectivity index (χ1v) is 26.9. The van der Waals surface area contributed by atoms with Crippen molar-refractivity contribution in [1.82, 2.24) is 35.3 Å². The van der Waals surface area contributed by atoms with Gasteiger partial charge in [-0.3, -0.25) is 29.4 Å². The second-order valence-corrected chi connectivity index (χ2v) is 22.2. The van der Waals surface area contributed by atoms with E-state index in [2.05, 4.69) is 40.8 Å². The maximum absolute atomic E-state index is 14.7. The zero-order chi connectivity index (χ0) is 54.8. The smallest absolute Gasteiger partial charge is 0.413 e. The van der Waals surface area contributed by atoms with Gasteiger partial charge in [0.2, 0.25) is 6.29 Å². The summed E-state index contributed by atoms with van der Waals surface area (Å²) < 4.78 is 23.8. The molecule has 1 aliphatic carbocycles. The summed E-state index contributed by atoms with van der Waals surface area (Å²) in [6, 6.07) is 10.2. The van der Waals surface area contributed by atoms with Crippen molar-refractivity contribution < 1.29 is 63.3 Å². The van der Waals surface area contributed by atoms with Crippen LogP contribution in [0.4, 0.5) is 21.2 Å². The Morgan fingerprint density at radius 3 is 2.37 bits per heavy atom. The number of aliphatic carboxylic acids is 1. The number of fused-ring (bicyclic) bond motifs is 1. The molecule has 0 bridgehead atoms. The molecule has 0 spiro atoms. The fourth-order valence-electron chi connectivity index (χ4n) is 10.6. The summed E-state index contributed by atoms with van der Waals surface area (Å²) in [4.78, 5) is 81.6. The summed E-state index contributed by atoms with van der Waals surface area (Å²) in [5.41, 5.74) is 2.83. The van der Waals surface area contributed by atoms with Gasteiger partial charge >= 0.3 is 18.2 Å². The number of hydrogen-bond acceptors (Lipinski definition) is 17. The lowest BCUT2D eigenvalue weighted by Gasteiger charge is -2.46. The van der Waals surface area contributed by atoms with Gasteiger partial charge in [0.25, 0.3) is 11.8 Å². The maximum Gasteiger partial charge on any atom is 0.413 e. The van der Waals surface area contributed by atoms with Crippen molar-refractivity contribution in [2.45, 2.75) is 140 Å². The number of nitrogens with one attached hydrogen (secondary N) is 3. The molecule has 2 aromatic heterocycles. The van der Waals surface area contributed by atoms with Crippen LogP contribution < -0.4 is 25.6 Å². The lowest BCUT2D eigenvalue weighted by atomic mass is 9.57. The molecule has 7 N–H and O–H groups in total. The number of thioether (sulfide) groups is 1. The number of likely N-dealkylation sites (tertiary alicyclic amines) is 1. The average Bonchev–Trinajstić information content (AvgIpc) is 3.95. The van der Waals surface area contributed by atoms with Gasteiger partial charge in [-0.15, -0.1) is 11.8 Å². The number of anilines is 2. The third-order valence-electron chi connectivity index (χ3n) is 14.1. The third kappa shape index (κ3) is 12.2. The van der Waals surface area contributed by atoms with Crippen molar-refractivity contribution >= 4 is 53.4 Å². The van der Waals surface area contributed by atoms with Gasteiger partial charge in [-0.1, -0.05) is 26.8 Å². The van der Waals surface area contributed by atoms with Gasteiger partial charge in [0, 0.05) is 43.7 Å². The molecule has 4 amide bonds. The zero-order valence-electron chi connectivity index (χ0n) is 44.1. The van der Waals surface area contributed by atoms with Gasteiger partial charge in [0.1, 0.15) is 54.2 Å². The highest BCUT2D eigenvalue weighted by molar-refractivity contribution is 7.98. The van der Waals surface area contributed by atoms with Crippen LogP contribution in [-0.2, 0) is 57.6 Å². The molecule has 5 unspecified atom stereocenters. The summed E-state index contributed by atoms with van der Waals surface area (Å²) in [7, 11) is 1.81. The molecule has 23 heteroatoms. The largest absolute Gasteiger partial charge is 0.479 e. The van der Waals surface area contributed by atoms with E-state index in [4.69, 9.17) is 34.0 Å². The number of carbonyl (C=O) groups excluding carboxylic acids is 4. The van der Waals surface area contributed by atoms with Crippen LogP contribution in [0.15, 0.2) is 47.6 Å². The summed E-state index contributed by atoms with van der Waals surface area (Å²) in [6.07, 6.45) is -3.48. The number of aromatic nitrogens is 4. The van der Waals surface area contributed by atoms with Crippen molar-refractivity contribution in [2.75, 3.05) is 42.7 Å². The minimum atomic E-state index is -1.99. The molecule has 3 fully saturated rings. The van der Waals surface area contributed by atoms with E-state index in [1.165, 1.54) is 24.6 Å². The minimum absolute atomic E-state index is 0.0409. The Hall–Kier alpha value is -6.37. The predicted molar refractivity (Wildman–Crippen MR) is 278 cm³/mol. The van der Waals surface area contributed by atoms with Crippen LogP contribution in [0.1, 0.15) is 122 Å². The molecule has 3 aliphatic heterocycles. The fourth-order valence-corrected chi connectivity index (χ4v) is 11.3. The number of alkyl carbamates (subject to hydrolysis) is 1. The standard InChI is InChI=1S/C53H69N9O13S/c1-9-32-36(53(21-29(3)22-53)49-56-27-60(7)59-49)20-39(62-25-35-33(46(62)67)18-31(19-38(35)76-8)24-61-16-10-11-28(2)23-61)57-44(32)58-51(71)72-26-30-12-13-37(73-48-42(65)40(63)41(64)43(74-48)47(68)69)34(17-30)45(66)54-14-15-55-50(70)75-52(4,5)6/h12-13,17-20,27-29,40-43,48,63-65H,9-11,14-16,21-26H2,1-8H3,(H,54,66)(H,55,70)(H,68,69)(H,57,58,71)/t28-,29?,40?,41?,42?,43?,48?,53?/m0/s1. The topological polar surface area (TPSA) is 289 Å². The van der Waals surface area contributed by atoms with Crippen molar-refractivity contribution in [3.63, 3.8) is 0 Å². The number of carbonyl (C=O) groups is 5. The Morgan fingerprint density at radius 2 is 1.71 bits per heavy atom. The van der Waals surface area contributed by atoms with Crippen LogP contribution in [0.2, 0.25) is 0 Å². The minimum Gasteiger partial charge on any atom is -0.479 e. The number of pyridine rings is 1. The number of carboxylic acid groups (broad SMARTS) is 1. The van der Waals surface area contributed by atoms with Gasteiger partial charge in [-0.25, -0.2) is 24.4 Å². The van der Waals surface area contributed by atoms with Crippen molar-refractivity contribution in [2.24, 2.45) is 18.9 Å². The highest BCUT2D eigenvalue weighted by Gasteiger charge is 2.51. The molecule has 22 nitrogen and oxygen atoms in total. The van der Waals surface area contributed by atoms with E-state index in [1.807, 2.05) is 32.4 Å². The molecular weight excluding hydrogens is 1000 g/mol. The normalized spacial score (nSPS) is 24.5. The quantitative estimate of drug-likeness (QED) is 0.0548. The lowest BCUT2D eigenvalue weighted by Crippen LogP contribution is -2.61. The molecule has 4 aliphatic rings. The third-order valence-corrected chi connectivity index (χ3v) is 14.9. The highest BCUT2D eigenvalue weighted by Crippen LogP contribution is 2.53. The van der Waals surface area contributed by atoms with Crippen LogP contribution in [0.3, 0.4) is 0 Å². The molecule has 5 heterocycles. The predicted octanol–water partition coefficient (Wildman–Crippen LogP) is 4.88. The van der Waals surface area contributed by atoms with E-state index in [1.54, 1.807) is 48.4 Å². The molecule has 2 aromatic carbocycles. The first-order chi connectivity index (χ1) is 36.1. The molecule has 76 heavy (non-hydrogen) atoms. The van der Waals surface area contributed by atoms with Crippen LogP contribution in [0, 0.1) is 11.8 Å². The second-order valence-electron chi connectivity index (χ2n) is 21.3. The molecule has 6 atom stereocenters. The number of rotatable bonds is 17. The molecule has 2 saturated heterocycles. The van der Waals surface area contributed by atoms with Crippen LogP contribution in [0.5, 0.6) is 5.75 Å². The highest BCUT2D eigenvalue weighted by atomic mass is 32.2. The number of aliphatic hydroxyl groups is 3. The van der Waals surface area contributed by atoms with Crippen LogP contribution in [-0.4, -0.2) is 144 Å². The monoisotopic (exact) mass is 1070 g/mol. The van der Waals surface area contributed by atoms with Crippen molar-refractivity contribution in [3.05, 3.63) is 87.5 Å². The molecule has 8 rings (SSSR count). The van der Waals surface area contributed by atoms with Crippen molar-refractivity contribution in [1.29, 1.82) is 0 Å². The fraction of sp³-hybridized carbons (Fsp3) is 0.547. The lowest BCUT2D eigenvalue weighted by molar-refractivity contribution is -0.271. The molecule has 1 saturated carbocycles. The number of carboxylic acids is 1. The molecular formula is C53H69N9O13S. The summed E-state index contributed by atoms with van der Waals surface area (Å²) in [6.45, 7) is 14.0.